The molecular formula is C18H22O2. The normalized spacial score (nSPS) is 12.1. The number of esters is 1. The zero-order chi connectivity index (χ0) is 14.5. The number of ether oxygens (including phenoxy) is 1. The van der Waals surface area contributed by atoms with E-state index in [1.54, 1.807) is 0 Å². The maximum Gasteiger partial charge on any atom is 0.308 e. The highest BCUT2D eigenvalue weighted by molar-refractivity contribution is 5.74. The van der Waals surface area contributed by atoms with Crippen molar-refractivity contribution in [3.8, 4) is 0 Å². The third-order valence-electron chi connectivity index (χ3n) is 2.53. The van der Waals surface area contributed by atoms with Crippen molar-refractivity contribution in [1.29, 1.82) is 0 Å². The highest BCUT2D eigenvalue weighted by Gasteiger charge is 2.30. The number of carbonyl (C=O) groups is 1. The van der Waals surface area contributed by atoms with Crippen LogP contribution in [0.4, 0.5) is 0 Å². The lowest BCUT2D eigenvalue weighted by Crippen LogP contribution is -2.04. The minimum absolute atomic E-state index is 0.00694. The van der Waals surface area contributed by atoms with Gasteiger partial charge in [0.1, 0.15) is 0 Å². The first-order chi connectivity index (χ1) is 9.84. The van der Waals surface area contributed by atoms with E-state index in [1.165, 1.54) is 0 Å². The highest BCUT2D eigenvalue weighted by atomic mass is 16.5. The van der Waals surface area contributed by atoms with Gasteiger partial charge in [0.25, 0.3) is 0 Å². The van der Waals surface area contributed by atoms with Crippen molar-refractivity contribution in [2.45, 2.75) is 19.8 Å². The minimum Gasteiger partial charge on any atom is -0.466 e. The van der Waals surface area contributed by atoms with Crippen molar-refractivity contribution >= 4 is 5.97 Å². The van der Waals surface area contributed by atoms with Crippen LogP contribution in [0.5, 0.6) is 0 Å². The minimum atomic E-state index is -0.00694. The predicted octanol–water partition coefficient (Wildman–Crippen LogP) is 4.33. The molecule has 2 nitrogen and oxygen atoms in total. The van der Waals surface area contributed by atoms with Crippen molar-refractivity contribution in [2.75, 3.05) is 6.61 Å². The fourth-order valence-electron chi connectivity index (χ4n) is 1.35. The Morgan fingerprint density at radius 1 is 0.800 bits per heavy atom. The van der Waals surface area contributed by atoms with E-state index in [0.717, 1.165) is 12.8 Å². The lowest BCUT2D eigenvalue weighted by Gasteiger charge is -1.95. The Kier molecular flexibility index (Phi) is 8.62. The van der Waals surface area contributed by atoms with Gasteiger partial charge in [0.15, 0.2) is 0 Å². The van der Waals surface area contributed by atoms with E-state index < -0.39 is 0 Å². The van der Waals surface area contributed by atoms with Crippen LogP contribution < -0.4 is 0 Å². The molecule has 0 unspecified atom stereocenters. The molecule has 0 saturated heterocycles. The maximum absolute atomic E-state index is 10.6. The average molecular weight is 270 g/mol. The van der Waals surface area contributed by atoms with Gasteiger partial charge in [-0.3, -0.25) is 4.79 Å². The molecule has 0 radical (unpaired) electrons. The van der Waals surface area contributed by atoms with Gasteiger partial charge in [0, 0.05) is 0 Å². The third-order valence-corrected chi connectivity index (χ3v) is 2.53. The van der Waals surface area contributed by atoms with E-state index in [9.17, 15) is 4.79 Å². The Morgan fingerprint density at radius 2 is 1.10 bits per heavy atom. The number of rotatable bonds is 2. The van der Waals surface area contributed by atoms with E-state index >= 15 is 0 Å². The lowest BCUT2D eigenvalue weighted by molar-refractivity contribution is -0.144. The summed E-state index contributed by atoms with van der Waals surface area (Å²) in [7, 11) is 0. The van der Waals surface area contributed by atoms with E-state index in [0.29, 0.717) is 6.61 Å². The standard InChI is InChI=1S/C6H10O2.2C6H6/c1-2-8-6(7)5-3-4-5;2*1-2-4-6-5-3-1/h5H,2-4H2,1H3;2*1-6H. The molecule has 1 saturated carbocycles. The first kappa shape index (κ1) is 16.0. The fraction of sp³-hybridized carbons (Fsp3) is 0.278. The van der Waals surface area contributed by atoms with Crippen molar-refractivity contribution in [3.05, 3.63) is 72.8 Å². The zero-order valence-electron chi connectivity index (χ0n) is 11.9. The Hall–Kier alpha value is -2.09. The molecule has 0 atom stereocenters. The first-order valence-corrected chi connectivity index (χ1v) is 7.01. The van der Waals surface area contributed by atoms with Gasteiger partial charge in [-0.25, -0.2) is 0 Å². The molecule has 20 heavy (non-hydrogen) atoms. The first-order valence-electron chi connectivity index (χ1n) is 7.01. The summed E-state index contributed by atoms with van der Waals surface area (Å²) in [4.78, 5) is 10.6. The van der Waals surface area contributed by atoms with Crippen LogP contribution in [0.2, 0.25) is 0 Å². The number of benzene rings is 2. The summed E-state index contributed by atoms with van der Waals surface area (Å²) < 4.78 is 4.73. The molecule has 0 amide bonds. The smallest absolute Gasteiger partial charge is 0.308 e. The van der Waals surface area contributed by atoms with Crippen LogP contribution in [0.25, 0.3) is 0 Å². The Morgan fingerprint density at radius 3 is 1.30 bits per heavy atom. The molecule has 1 aliphatic carbocycles. The number of hydrogen-bond acceptors (Lipinski definition) is 2. The summed E-state index contributed by atoms with van der Waals surface area (Å²) in [5, 5.41) is 0. The summed E-state index contributed by atoms with van der Waals surface area (Å²) in [6, 6.07) is 24.0. The Labute approximate surface area is 121 Å². The summed E-state index contributed by atoms with van der Waals surface area (Å²) in [6.45, 7) is 2.36. The molecule has 106 valence electrons. The van der Waals surface area contributed by atoms with E-state index in [4.69, 9.17) is 4.74 Å². The Bertz CT molecular complexity index is 351. The molecule has 1 fully saturated rings. The van der Waals surface area contributed by atoms with Crippen LogP contribution in [-0.4, -0.2) is 12.6 Å². The molecule has 0 spiro atoms. The van der Waals surface area contributed by atoms with Crippen LogP contribution in [0.15, 0.2) is 72.8 Å². The van der Waals surface area contributed by atoms with Gasteiger partial charge in [-0.1, -0.05) is 72.8 Å². The van der Waals surface area contributed by atoms with Gasteiger partial charge >= 0.3 is 5.97 Å². The number of hydrogen-bond donors (Lipinski definition) is 0. The van der Waals surface area contributed by atoms with Gasteiger partial charge in [-0.15, -0.1) is 0 Å². The Balaban J connectivity index is 0.000000152. The van der Waals surface area contributed by atoms with E-state index in [2.05, 4.69) is 0 Å². The average Bonchev–Trinajstić information content (AvgIpc) is 3.37. The summed E-state index contributed by atoms with van der Waals surface area (Å²) in [6.07, 6.45) is 2.08. The molecule has 0 aromatic heterocycles. The van der Waals surface area contributed by atoms with Gasteiger partial charge in [-0.05, 0) is 19.8 Å². The molecule has 2 aromatic rings. The summed E-state index contributed by atoms with van der Waals surface area (Å²) in [5.41, 5.74) is 0. The molecule has 2 aromatic carbocycles. The third kappa shape index (κ3) is 8.92. The summed E-state index contributed by atoms with van der Waals surface area (Å²) in [5.74, 6) is 0.252. The van der Waals surface area contributed by atoms with Crippen LogP contribution in [0.1, 0.15) is 19.8 Å². The van der Waals surface area contributed by atoms with Crippen molar-refractivity contribution < 1.29 is 9.53 Å². The highest BCUT2D eigenvalue weighted by Crippen LogP contribution is 2.29. The van der Waals surface area contributed by atoms with Gasteiger partial charge in [0.2, 0.25) is 0 Å². The van der Waals surface area contributed by atoms with Crippen molar-refractivity contribution in [2.24, 2.45) is 5.92 Å². The lowest BCUT2D eigenvalue weighted by atomic mass is 10.4. The molecular weight excluding hydrogens is 248 g/mol. The van der Waals surface area contributed by atoms with Crippen molar-refractivity contribution in [1.82, 2.24) is 0 Å². The summed E-state index contributed by atoms with van der Waals surface area (Å²) >= 11 is 0. The van der Waals surface area contributed by atoms with Crippen LogP contribution in [0.3, 0.4) is 0 Å². The van der Waals surface area contributed by atoms with Crippen molar-refractivity contribution in [3.63, 3.8) is 0 Å². The van der Waals surface area contributed by atoms with Gasteiger partial charge < -0.3 is 4.74 Å². The quantitative estimate of drug-likeness (QED) is 0.759. The topological polar surface area (TPSA) is 26.3 Å². The van der Waals surface area contributed by atoms with Crippen LogP contribution in [-0.2, 0) is 9.53 Å². The van der Waals surface area contributed by atoms with Crippen LogP contribution in [0, 0.1) is 5.92 Å². The maximum atomic E-state index is 10.6. The number of carbonyl (C=O) groups excluding carboxylic acids is 1. The second-order valence-electron chi connectivity index (χ2n) is 4.34. The van der Waals surface area contributed by atoms with Gasteiger partial charge in [0.05, 0.1) is 12.5 Å². The molecule has 0 heterocycles. The molecule has 2 heteroatoms. The van der Waals surface area contributed by atoms with Crippen LogP contribution >= 0.6 is 0 Å². The molecule has 3 rings (SSSR count). The largest absolute Gasteiger partial charge is 0.466 e. The SMILES string of the molecule is CCOC(=O)C1CC1.c1ccccc1.c1ccccc1. The molecule has 0 bridgehead atoms. The van der Waals surface area contributed by atoms with E-state index in [1.807, 2.05) is 79.7 Å². The molecule has 0 N–H and O–H groups in total. The monoisotopic (exact) mass is 270 g/mol. The second kappa shape index (κ2) is 10.8. The molecule has 0 aliphatic heterocycles. The predicted molar refractivity (Wildman–Crippen MR) is 82.2 cm³/mol. The second-order valence-corrected chi connectivity index (χ2v) is 4.34. The fourth-order valence-corrected chi connectivity index (χ4v) is 1.35. The zero-order valence-corrected chi connectivity index (χ0v) is 11.9. The van der Waals surface area contributed by atoms with E-state index in [-0.39, 0.29) is 11.9 Å². The van der Waals surface area contributed by atoms with Gasteiger partial charge in [-0.2, -0.15) is 0 Å². The molecule has 1 aliphatic rings.